The number of ether oxygens (including phenoxy) is 1. The maximum atomic E-state index is 12.0. The largest absolute Gasteiger partial charge is 0.480 e. The predicted octanol–water partition coefficient (Wildman–Crippen LogP) is 1.42. The third-order valence-corrected chi connectivity index (χ3v) is 4.07. The summed E-state index contributed by atoms with van der Waals surface area (Å²) < 4.78 is 5.15. The molecule has 0 aliphatic carbocycles. The van der Waals surface area contributed by atoms with Gasteiger partial charge in [0.1, 0.15) is 5.54 Å². The molecular weight excluding hydrogens is 254 g/mol. The van der Waals surface area contributed by atoms with Gasteiger partial charge < -0.3 is 15.2 Å². The number of carbonyl (C=O) groups excluding carboxylic acids is 1. The van der Waals surface area contributed by atoms with E-state index in [-0.39, 0.29) is 5.91 Å². The number of carbonyl (C=O) groups is 2. The molecule has 6 heteroatoms. The van der Waals surface area contributed by atoms with Crippen molar-refractivity contribution in [3.05, 3.63) is 21.9 Å². The van der Waals surface area contributed by atoms with Gasteiger partial charge in [0.25, 0.3) is 5.91 Å². The van der Waals surface area contributed by atoms with E-state index in [4.69, 9.17) is 4.74 Å². The highest BCUT2D eigenvalue weighted by Gasteiger charge is 2.41. The van der Waals surface area contributed by atoms with Crippen LogP contribution in [0.3, 0.4) is 0 Å². The number of carboxylic acid groups (broad SMARTS) is 1. The molecule has 0 saturated carbocycles. The van der Waals surface area contributed by atoms with Gasteiger partial charge in [0.15, 0.2) is 0 Å². The number of amides is 1. The van der Waals surface area contributed by atoms with E-state index >= 15 is 0 Å². The van der Waals surface area contributed by atoms with E-state index in [0.717, 1.165) is 4.88 Å². The summed E-state index contributed by atoms with van der Waals surface area (Å²) >= 11 is 1.36. The fraction of sp³-hybridized carbons (Fsp3) is 0.500. The van der Waals surface area contributed by atoms with Gasteiger partial charge in [0.2, 0.25) is 0 Å². The molecule has 0 aromatic carbocycles. The molecule has 0 spiro atoms. The van der Waals surface area contributed by atoms with Crippen LogP contribution in [0.25, 0.3) is 0 Å². The smallest absolute Gasteiger partial charge is 0.329 e. The van der Waals surface area contributed by atoms with Crippen molar-refractivity contribution in [2.75, 3.05) is 13.2 Å². The molecule has 18 heavy (non-hydrogen) atoms. The molecule has 1 saturated heterocycles. The molecule has 1 aromatic rings. The monoisotopic (exact) mass is 269 g/mol. The van der Waals surface area contributed by atoms with Crippen molar-refractivity contribution in [2.45, 2.75) is 25.3 Å². The van der Waals surface area contributed by atoms with Gasteiger partial charge >= 0.3 is 5.97 Å². The first-order chi connectivity index (χ1) is 8.53. The minimum absolute atomic E-state index is 0.304. The average molecular weight is 269 g/mol. The lowest BCUT2D eigenvalue weighted by molar-refractivity contribution is -0.148. The van der Waals surface area contributed by atoms with E-state index in [0.29, 0.717) is 30.9 Å². The van der Waals surface area contributed by atoms with Gasteiger partial charge in [-0.25, -0.2) is 4.79 Å². The topological polar surface area (TPSA) is 75.6 Å². The summed E-state index contributed by atoms with van der Waals surface area (Å²) in [5.74, 6) is -1.31. The molecule has 0 atom stereocenters. The second-order valence-corrected chi connectivity index (χ2v) is 5.65. The van der Waals surface area contributed by atoms with Gasteiger partial charge in [-0.3, -0.25) is 4.79 Å². The van der Waals surface area contributed by atoms with E-state index in [1.807, 2.05) is 13.0 Å². The second-order valence-electron chi connectivity index (χ2n) is 4.36. The fourth-order valence-corrected chi connectivity index (χ4v) is 2.71. The quantitative estimate of drug-likeness (QED) is 0.870. The van der Waals surface area contributed by atoms with Crippen molar-refractivity contribution in [1.82, 2.24) is 5.32 Å². The average Bonchev–Trinajstić information content (AvgIpc) is 2.77. The van der Waals surface area contributed by atoms with Gasteiger partial charge in [-0.15, -0.1) is 11.3 Å². The summed E-state index contributed by atoms with van der Waals surface area (Å²) in [6, 6.07) is 3.56. The fourth-order valence-electron chi connectivity index (χ4n) is 1.95. The molecule has 2 heterocycles. The van der Waals surface area contributed by atoms with Crippen LogP contribution >= 0.6 is 11.3 Å². The molecule has 1 aromatic heterocycles. The predicted molar refractivity (Wildman–Crippen MR) is 66.9 cm³/mol. The Bertz CT molecular complexity index is 462. The molecule has 98 valence electrons. The number of aliphatic carboxylic acids is 1. The summed E-state index contributed by atoms with van der Waals surface area (Å²) in [5, 5.41) is 12.0. The first kappa shape index (κ1) is 13.0. The minimum Gasteiger partial charge on any atom is -0.480 e. The lowest BCUT2D eigenvalue weighted by Crippen LogP contribution is -2.57. The Hall–Kier alpha value is -1.40. The van der Waals surface area contributed by atoms with Gasteiger partial charge in [0.05, 0.1) is 4.88 Å². The number of rotatable bonds is 3. The lowest BCUT2D eigenvalue weighted by Gasteiger charge is -2.33. The van der Waals surface area contributed by atoms with Gasteiger partial charge in [-0.1, -0.05) is 0 Å². The molecule has 5 nitrogen and oxygen atoms in total. The highest BCUT2D eigenvalue weighted by atomic mass is 32.1. The Kier molecular flexibility index (Phi) is 3.68. The van der Waals surface area contributed by atoms with E-state index in [1.54, 1.807) is 6.07 Å². The van der Waals surface area contributed by atoms with Gasteiger partial charge in [-0.2, -0.15) is 0 Å². The molecular formula is C12H15NO4S. The van der Waals surface area contributed by atoms with E-state index in [2.05, 4.69) is 5.32 Å². The Morgan fingerprint density at radius 3 is 2.56 bits per heavy atom. The molecule has 0 bridgehead atoms. The maximum absolute atomic E-state index is 12.0. The first-order valence-corrected chi connectivity index (χ1v) is 6.55. The lowest BCUT2D eigenvalue weighted by atomic mass is 9.90. The molecule has 2 rings (SSSR count). The van der Waals surface area contributed by atoms with Crippen LogP contribution in [-0.2, 0) is 9.53 Å². The zero-order chi connectivity index (χ0) is 13.2. The maximum Gasteiger partial charge on any atom is 0.329 e. The van der Waals surface area contributed by atoms with Crippen LogP contribution < -0.4 is 5.32 Å². The molecule has 0 unspecified atom stereocenters. The summed E-state index contributed by atoms with van der Waals surface area (Å²) in [7, 11) is 0. The Morgan fingerprint density at radius 2 is 2.06 bits per heavy atom. The molecule has 1 aliphatic rings. The molecule has 2 N–H and O–H groups in total. The number of aryl methyl sites for hydroxylation is 1. The van der Waals surface area contributed by atoms with Crippen LogP contribution in [0.4, 0.5) is 0 Å². The van der Waals surface area contributed by atoms with Crippen LogP contribution in [0.2, 0.25) is 0 Å². The van der Waals surface area contributed by atoms with Crippen LogP contribution in [-0.4, -0.2) is 35.7 Å². The summed E-state index contributed by atoms with van der Waals surface area (Å²) in [6.45, 7) is 2.62. The van der Waals surface area contributed by atoms with Gasteiger partial charge in [0, 0.05) is 30.9 Å². The SMILES string of the molecule is Cc1ccc(C(=O)NC2(C(=O)O)CCOCC2)s1. The van der Waals surface area contributed by atoms with Crippen molar-refractivity contribution < 1.29 is 19.4 Å². The highest BCUT2D eigenvalue weighted by Crippen LogP contribution is 2.23. The zero-order valence-corrected chi connectivity index (χ0v) is 10.9. The number of thiophene rings is 1. The first-order valence-electron chi connectivity index (χ1n) is 5.74. The van der Waals surface area contributed by atoms with Crippen molar-refractivity contribution in [3.63, 3.8) is 0 Å². The Balaban J connectivity index is 2.14. The Morgan fingerprint density at radius 1 is 1.39 bits per heavy atom. The van der Waals surface area contributed by atoms with Crippen molar-refractivity contribution in [2.24, 2.45) is 0 Å². The molecule has 1 amide bonds. The number of hydrogen-bond donors (Lipinski definition) is 2. The van der Waals surface area contributed by atoms with E-state index < -0.39 is 11.5 Å². The molecule has 1 fully saturated rings. The summed E-state index contributed by atoms with van der Waals surface area (Å²) in [4.78, 5) is 25.0. The second kappa shape index (κ2) is 5.07. The Labute approximate surface area is 109 Å². The van der Waals surface area contributed by atoms with Crippen LogP contribution in [0.15, 0.2) is 12.1 Å². The van der Waals surface area contributed by atoms with Crippen molar-refractivity contribution >= 4 is 23.2 Å². The zero-order valence-electron chi connectivity index (χ0n) is 10.1. The molecule has 0 radical (unpaired) electrons. The standard InChI is InChI=1S/C12H15NO4S/c1-8-2-3-9(18-8)10(14)13-12(11(15)16)4-6-17-7-5-12/h2-3H,4-7H2,1H3,(H,13,14)(H,15,16). The number of nitrogens with one attached hydrogen (secondary N) is 1. The van der Waals surface area contributed by atoms with E-state index in [9.17, 15) is 14.7 Å². The molecule has 1 aliphatic heterocycles. The number of carboxylic acids is 1. The third-order valence-electron chi connectivity index (χ3n) is 3.07. The van der Waals surface area contributed by atoms with Gasteiger partial charge in [-0.05, 0) is 19.1 Å². The van der Waals surface area contributed by atoms with Crippen LogP contribution in [0, 0.1) is 6.92 Å². The van der Waals surface area contributed by atoms with Crippen LogP contribution in [0.5, 0.6) is 0 Å². The summed E-state index contributed by atoms with van der Waals surface area (Å²) in [5.41, 5.74) is -1.19. The third kappa shape index (κ3) is 2.54. The minimum atomic E-state index is -1.19. The normalized spacial score (nSPS) is 18.3. The summed E-state index contributed by atoms with van der Waals surface area (Å²) in [6.07, 6.45) is 0.608. The van der Waals surface area contributed by atoms with E-state index in [1.165, 1.54) is 11.3 Å². The van der Waals surface area contributed by atoms with Crippen LogP contribution in [0.1, 0.15) is 27.4 Å². The highest BCUT2D eigenvalue weighted by molar-refractivity contribution is 7.13. The van der Waals surface area contributed by atoms with Crippen molar-refractivity contribution in [3.8, 4) is 0 Å². The number of hydrogen-bond acceptors (Lipinski definition) is 4. The van der Waals surface area contributed by atoms with Crippen molar-refractivity contribution in [1.29, 1.82) is 0 Å².